The maximum atomic E-state index is 4.24. The van der Waals surface area contributed by atoms with E-state index in [0.29, 0.717) is 0 Å². The van der Waals surface area contributed by atoms with Gasteiger partial charge in [0.25, 0.3) is 0 Å². The number of nitrogens with zero attached hydrogens (tertiary/aromatic N) is 4. The molecule has 0 N–H and O–H groups in total. The largest absolute Gasteiger partial charge is 0.370 e. The molecule has 1 aliphatic rings. The van der Waals surface area contributed by atoms with E-state index >= 15 is 0 Å². The minimum absolute atomic E-state index is 0.864. The zero-order chi connectivity index (χ0) is 13.2. The molecule has 98 valence electrons. The Labute approximate surface area is 113 Å². The van der Waals surface area contributed by atoms with Crippen LogP contribution in [0.4, 0.5) is 0 Å². The van der Waals surface area contributed by atoms with E-state index in [-0.39, 0.29) is 0 Å². The van der Waals surface area contributed by atoms with E-state index in [1.165, 1.54) is 18.4 Å². The number of hydrogen-bond acceptors (Lipinski definition) is 3. The number of aryl methyl sites for hydroxylation is 1. The van der Waals surface area contributed by atoms with Crippen LogP contribution in [0.1, 0.15) is 24.1 Å². The quantitative estimate of drug-likeness (QED) is 0.844. The van der Waals surface area contributed by atoms with Crippen LogP contribution >= 0.6 is 0 Å². The Morgan fingerprint density at radius 1 is 1.26 bits per heavy atom. The van der Waals surface area contributed by atoms with E-state index in [4.69, 9.17) is 0 Å². The fraction of sp³-hybridized carbons (Fsp3) is 0.333. The molecular weight excluding hydrogens is 236 g/mol. The van der Waals surface area contributed by atoms with Gasteiger partial charge < -0.3 is 4.90 Å². The SMILES string of the molecule is C=C(c1cn(-c2cccc(C)c2)nn1)N1CCCC1. The summed E-state index contributed by atoms with van der Waals surface area (Å²) in [5.74, 6) is 0. The summed E-state index contributed by atoms with van der Waals surface area (Å²) in [6.45, 7) is 8.37. The third-order valence-corrected chi connectivity index (χ3v) is 3.54. The maximum absolute atomic E-state index is 4.24. The summed E-state index contributed by atoms with van der Waals surface area (Å²) in [6, 6.07) is 8.23. The molecule has 1 aliphatic heterocycles. The highest BCUT2D eigenvalue weighted by atomic mass is 15.4. The standard InChI is InChI=1S/C15H18N4/c1-12-6-5-7-14(10-12)19-11-15(16-17-19)13(2)18-8-3-4-9-18/h5-7,10-11H,2-4,8-9H2,1H3. The van der Waals surface area contributed by atoms with Crippen LogP contribution in [0.25, 0.3) is 11.4 Å². The summed E-state index contributed by atoms with van der Waals surface area (Å²) in [5, 5.41) is 8.44. The molecule has 0 radical (unpaired) electrons. The van der Waals surface area contributed by atoms with Gasteiger partial charge in [-0.05, 0) is 37.5 Å². The molecule has 1 aromatic carbocycles. The van der Waals surface area contributed by atoms with Crippen molar-refractivity contribution < 1.29 is 0 Å². The lowest BCUT2D eigenvalue weighted by molar-refractivity contribution is 0.492. The van der Waals surface area contributed by atoms with Gasteiger partial charge in [0.05, 0.1) is 17.6 Å². The van der Waals surface area contributed by atoms with E-state index in [2.05, 4.69) is 40.8 Å². The lowest BCUT2D eigenvalue weighted by Gasteiger charge is -2.17. The fourth-order valence-corrected chi connectivity index (χ4v) is 2.44. The van der Waals surface area contributed by atoms with E-state index in [9.17, 15) is 0 Å². The second-order valence-electron chi connectivity index (χ2n) is 5.03. The van der Waals surface area contributed by atoms with Crippen molar-refractivity contribution in [1.29, 1.82) is 0 Å². The molecule has 1 aromatic heterocycles. The summed E-state index contributed by atoms with van der Waals surface area (Å²) in [5.41, 5.74) is 4.10. The van der Waals surface area contributed by atoms with Gasteiger partial charge in [-0.25, -0.2) is 4.68 Å². The first-order valence-corrected chi connectivity index (χ1v) is 6.68. The minimum atomic E-state index is 0.864. The Balaban J connectivity index is 1.85. The molecule has 4 nitrogen and oxygen atoms in total. The molecule has 0 spiro atoms. The lowest BCUT2D eigenvalue weighted by Crippen LogP contribution is -2.16. The zero-order valence-electron chi connectivity index (χ0n) is 11.2. The monoisotopic (exact) mass is 254 g/mol. The first kappa shape index (κ1) is 12.0. The number of aromatic nitrogens is 3. The maximum Gasteiger partial charge on any atom is 0.128 e. The van der Waals surface area contributed by atoms with Gasteiger partial charge in [0.1, 0.15) is 5.69 Å². The normalized spacial score (nSPS) is 14.9. The van der Waals surface area contributed by atoms with Crippen LogP contribution in [-0.2, 0) is 0 Å². The zero-order valence-corrected chi connectivity index (χ0v) is 11.2. The molecule has 0 amide bonds. The highest BCUT2D eigenvalue weighted by Gasteiger charge is 2.17. The van der Waals surface area contributed by atoms with Gasteiger partial charge >= 0.3 is 0 Å². The molecular formula is C15H18N4. The van der Waals surface area contributed by atoms with Crippen LogP contribution in [0.15, 0.2) is 37.0 Å². The molecule has 1 saturated heterocycles. The summed E-state index contributed by atoms with van der Waals surface area (Å²) >= 11 is 0. The molecule has 3 rings (SSSR count). The molecule has 0 atom stereocenters. The number of likely N-dealkylation sites (tertiary alicyclic amines) is 1. The molecule has 4 heteroatoms. The fourth-order valence-electron chi connectivity index (χ4n) is 2.44. The smallest absolute Gasteiger partial charge is 0.128 e. The van der Waals surface area contributed by atoms with E-state index in [1.807, 2.05) is 23.0 Å². The number of rotatable bonds is 3. The van der Waals surface area contributed by atoms with Crippen molar-refractivity contribution in [2.45, 2.75) is 19.8 Å². The van der Waals surface area contributed by atoms with Crippen LogP contribution in [0.3, 0.4) is 0 Å². The Morgan fingerprint density at radius 2 is 2.05 bits per heavy atom. The highest BCUT2D eigenvalue weighted by molar-refractivity contribution is 5.58. The highest BCUT2D eigenvalue weighted by Crippen LogP contribution is 2.21. The van der Waals surface area contributed by atoms with Crippen LogP contribution in [0.2, 0.25) is 0 Å². The first-order valence-electron chi connectivity index (χ1n) is 6.68. The van der Waals surface area contributed by atoms with Crippen molar-refractivity contribution in [3.05, 3.63) is 48.3 Å². The second kappa shape index (κ2) is 4.88. The van der Waals surface area contributed by atoms with Crippen molar-refractivity contribution in [1.82, 2.24) is 19.9 Å². The number of benzene rings is 1. The lowest BCUT2D eigenvalue weighted by atomic mass is 10.2. The van der Waals surface area contributed by atoms with Crippen LogP contribution in [0, 0.1) is 6.92 Å². The van der Waals surface area contributed by atoms with E-state index in [0.717, 1.165) is 30.2 Å². The van der Waals surface area contributed by atoms with E-state index < -0.39 is 0 Å². The molecule has 19 heavy (non-hydrogen) atoms. The van der Waals surface area contributed by atoms with Crippen molar-refractivity contribution >= 4 is 5.70 Å². The Hall–Kier alpha value is -2.10. The van der Waals surface area contributed by atoms with Crippen molar-refractivity contribution in [3.8, 4) is 5.69 Å². The van der Waals surface area contributed by atoms with Gasteiger partial charge in [-0.2, -0.15) is 0 Å². The number of hydrogen-bond donors (Lipinski definition) is 0. The average Bonchev–Trinajstić information content (AvgIpc) is 3.10. The topological polar surface area (TPSA) is 34.0 Å². The van der Waals surface area contributed by atoms with Crippen LogP contribution < -0.4 is 0 Å². The molecule has 0 bridgehead atoms. The molecule has 0 saturated carbocycles. The predicted octanol–water partition coefficient (Wildman–Crippen LogP) is 2.64. The summed E-state index contributed by atoms with van der Waals surface area (Å²) in [6.07, 6.45) is 4.44. The van der Waals surface area contributed by atoms with Gasteiger partial charge in [-0.15, -0.1) is 5.10 Å². The molecule has 0 aliphatic carbocycles. The van der Waals surface area contributed by atoms with Gasteiger partial charge in [-0.1, -0.05) is 23.9 Å². The van der Waals surface area contributed by atoms with Gasteiger partial charge in [0.2, 0.25) is 0 Å². The molecule has 0 unspecified atom stereocenters. The van der Waals surface area contributed by atoms with E-state index in [1.54, 1.807) is 0 Å². The Morgan fingerprint density at radius 3 is 2.79 bits per heavy atom. The molecule has 1 fully saturated rings. The van der Waals surface area contributed by atoms with Crippen molar-refractivity contribution in [3.63, 3.8) is 0 Å². The summed E-state index contributed by atoms with van der Waals surface area (Å²) in [7, 11) is 0. The third-order valence-electron chi connectivity index (χ3n) is 3.54. The van der Waals surface area contributed by atoms with Gasteiger partial charge in [0.15, 0.2) is 0 Å². The van der Waals surface area contributed by atoms with Gasteiger partial charge in [0, 0.05) is 13.1 Å². The first-order chi connectivity index (χ1) is 9.24. The van der Waals surface area contributed by atoms with Crippen molar-refractivity contribution in [2.24, 2.45) is 0 Å². The Kier molecular flexibility index (Phi) is 3.07. The third kappa shape index (κ3) is 2.38. The summed E-state index contributed by atoms with van der Waals surface area (Å²) in [4.78, 5) is 2.28. The predicted molar refractivity (Wildman–Crippen MR) is 75.9 cm³/mol. The van der Waals surface area contributed by atoms with Gasteiger partial charge in [-0.3, -0.25) is 0 Å². The molecule has 2 heterocycles. The molecule has 2 aromatic rings. The van der Waals surface area contributed by atoms with Crippen LogP contribution in [-0.4, -0.2) is 33.0 Å². The average molecular weight is 254 g/mol. The van der Waals surface area contributed by atoms with Crippen molar-refractivity contribution in [2.75, 3.05) is 13.1 Å². The summed E-state index contributed by atoms with van der Waals surface area (Å²) < 4.78 is 1.81. The Bertz CT molecular complexity index is 594. The minimum Gasteiger partial charge on any atom is -0.370 e. The second-order valence-corrected chi connectivity index (χ2v) is 5.03. The van der Waals surface area contributed by atoms with Crippen LogP contribution in [0.5, 0.6) is 0 Å².